The molecule has 2 aliphatic heterocycles. The van der Waals surface area contributed by atoms with Gasteiger partial charge in [-0.05, 0) is 98.1 Å². The van der Waals surface area contributed by atoms with E-state index in [-0.39, 0.29) is 0 Å². The molecule has 6 nitrogen and oxygen atoms in total. The van der Waals surface area contributed by atoms with Gasteiger partial charge < -0.3 is 20.7 Å². The first-order valence-electron chi connectivity index (χ1n) is 11.1. The molecule has 1 unspecified atom stereocenters. The van der Waals surface area contributed by atoms with Crippen LogP contribution in [0.5, 0.6) is 0 Å². The van der Waals surface area contributed by atoms with E-state index >= 15 is 0 Å². The molecule has 1 fully saturated rings. The molecular formula is C26H27N5O. The van der Waals surface area contributed by atoms with Crippen molar-refractivity contribution >= 4 is 23.9 Å². The van der Waals surface area contributed by atoms with Crippen LogP contribution in [-0.2, 0) is 4.79 Å². The number of pyridine rings is 2. The van der Waals surface area contributed by atoms with Crippen molar-refractivity contribution in [3.63, 3.8) is 0 Å². The van der Waals surface area contributed by atoms with Crippen molar-refractivity contribution < 1.29 is 4.79 Å². The number of aryl methyl sites for hydroxylation is 1. The number of nitrogens with zero attached hydrogens (tertiary/aromatic N) is 2. The average molecular weight is 426 g/mol. The molecule has 0 saturated carbocycles. The van der Waals surface area contributed by atoms with Gasteiger partial charge in [-0.2, -0.15) is 0 Å². The van der Waals surface area contributed by atoms with Crippen LogP contribution in [0, 0.1) is 6.92 Å². The first kappa shape index (κ1) is 20.4. The number of nitrogens with one attached hydrogen (secondary N) is 3. The molecule has 1 aromatic carbocycles. The molecule has 4 heterocycles. The molecule has 1 atom stereocenters. The molecule has 0 aliphatic carbocycles. The second-order valence-corrected chi connectivity index (χ2v) is 8.46. The largest absolute Gasteiger partial charge is 0.378 e. The third-order valence-corrected chi connectivity index (χ3v) is 6.24. The number of aromatic nitrogens is 2. The molecule has 1 saturated heterocycles. The summed E-state index contributed by atoms with van der Waals surface area (Å²) < 4.78 is 0. The summed E-state index contributed by atoms with van der Waals surface area (Å²) >= 11 is 0. The quantitative estimate of drug-likeness (QED) is 0.523. The fourth-order valence-electron chi connectivity index (χ4n) is 4.51. The van der Waals surface area contributed by atoms with Gasteiger partial charge in [0.25, 0.3) is 0 Å². The summed E-state index contributed by atoms with van der Waals surface area (Å²) in [6.07, 6.45) is 8.84. The minimum Gasteiger partial charge on any atom is -0.378 e. The lowest BCUT2D eigenvalue weighted by molar-refractivity contribution is -0.109. The van der Waals surface area contributed by atoms with Gasteiger partial charge in [0.05, 0.1) is 11.4 Å². The average Bonchev–Trinajstić information content (AvgIpc) is 2.84. The van der Waals surface area contributed by atoms with Crippen molar-refractivity contribution in [2.75, 3.05) is 18.4 Å². The lowest BCUT2D eigenvalue weighted by Crippen LogP contribution is -2.26. The SMILES string of the molecule is Cc1ccnc(-c2cc3c(c(Nc4ccc(C5CCNCC5)cc4)n2)C(C=O)NC=C3)c1. The van der Waals surface area contributed by atoms with Gasteiger partial charge in [-0.15, -0.1) is 0 Å². The number of carbonyl (C=O) groups is 1. The smallest absolute Gasteiger partial charge is 0.146 e. The molecule has 3 aromatic rings. The zero-order valence-electron chi connectivity index (χ0n) is 18.1. The van der Waals surface area contributed by atoms with Crippen LogP contribution in [0.1, 0.15) is 47.1 Å². The van der Waals surface area contributed by atoms with Gasteiger partial charge in [0.2, 0.25) is 0 Å². The van der Waals surface area contributed by atoms with Gasteiger partial charge >= 0.3 is 0 Å². The van der Waals surface area contributed by atoms with Gasteiger partial charge in [0, 0.05) is 17.4 Å². The van der Waals surface area contributed by atoms with Crippen LogP contribution in [0.15, 0.2) is 54.9 Å². The van der Waals surface area contributed by atoms with Gasteiger partial charge in [0.1, 0.15) is 18.1 Å². The van der Waals surface area contributed by atoms with E-state index in [1.54, 1.807) is 6.20 Å². The normalized spacial score (nSPS) is 18.0. The highest BCUT2D eigenvalue weighted by Gasteiger charge is 2.23. The Labute approximate surface area is 188 Å². The summed E-state index contributed by atoms with van der Waals surface area (Å²) in [4.78, 5) is 21.2. The molecule has 0 spiro atoms. The molecule has 2 aliphatic rings. The van der Waals surface area contributed by atoms with Crippen LogP contribution < -0.4 is 16.0 Å². The molecule has 6 heteroatoms. The maximum atomic E-state index is 11.8. The number of piperidine rings is 1. The van der Waals surface area contributed by atoms with E-state index in [4.69, 9.17) is 4.98 Å². The van der Waals surface area contributed by atoms with Crippen molar-refractivity contribution in [2.24, 2.45) is 0 Å². The maximum absolute atomic E-state index is 11.8. The predicted molar refractivity (Wildman–Crippen MR) is 128 cm³/mol. The molecule has 5 rings (SSSR count). The fraction of sp³-hybridized carbons (Fsp3) is 0.269. The topological polar surface area (TPSA) is 78.9 Å². The summed E-state index contributed by atoms with van der Waals surface area (Å²) in [6, 6.07) is 14.1. The second kappa shape index (κ2) is 8.93. The van der Waals surface area contributed by atoms with Crippen LogP contribution in [-0.4, -0.2) is 29.3 Å². The Morgan fingerprint density at radius 3 is 2.62 bits per heavy atom. The monoisotopic (exact) mass is 425 g/mol. The molecule has 3 N–H and O–H groups in total. The van der Waals surface area contributed by atoms with Crippen LogP contribution in [0.3, 0.4) is 0 Å². The van der Waals surface area contributed by atoms with E-state index < -0.39 is 6.04 Å². The third-order valence-electron chi connectivity index (χ3n) is 6.24. The van der Waals surface area contributed by atoms with Gasteiger partial charge in [-0.3, -0.25) is 4.98 Å². The van der Waals surface area contributed by atoms with E-state index in [0.29, 0.717) is 11.7 Å². The molecule has 0 amide bonds. The first-order valence-corrected chi connectivity index (χ1v) is 11.1. The van der Waals surface area contributed by atoms with E-state index in [9.17, 15) is 4.79 Å². The van der Waals surface area contributed by atoms with Crippen molar-refractivity contribution in [3.8, 4) is 11.4 Å². The standard InChI is InChI=1S/C26H27N5O/c1-17-6-12-28-22(14-17)23-15-20-9-13-29-24(16-32)25(20)26(31-23)30-21-4-2-18(3-5-21)19-7-10-27-11-8-19/h2-6,9,12-16,19,24,27,29H,7-8,10-11H2,1H3,(H,30,31). The van der Waals surface area contributed by atoms with Crippen LogP contribution >= 0.6 is 0 Å². The first-order chi connectivity index (χ1) is 15.7. The summed E-state index contributed by atoms with van der Waals surface area (Å²) in [5.74, 6) is 1.28. The summed E-state index contributed by atoms with van der Waals surface area (Å²) in [5.41, 5.74) is 6.85. The fourth-order valence-corrected chi connectivity index (χ4v) is 4.51. The number of anilines is 2. The second-order valence-electron chi connectivity index (χ2n) is 8.46. The van der Waals surface area contributed by atoms with E-state index in [1.807, 2.05) is 37.4 Å². The Bertz CT molecular complexity index is 1150. The molecule has 0 radical (unpaired) electrons. The summed E-state index contributed by atoms with van der Waals surface area (Å²) in [6.45, 7) is 4.20. The highest BCUT2D eigenvalue weighted by molar-refractivity contribution is 5.79. The minimum absolute atomic E-state index is 0.446. The Morgan fingerprint density at radius 1 is 1.06 bits per heavy atom. The summed E-state index contributed by atoms with van der Waals surface area (Å²) in [5, 5.41) is 10.0. The van der Waals surface area contributed by atoms with Crippen molar-refractivity contribution in [1.82, 2.24) is 20.6 Å². The van der Waals surface area contributed by atoms with Crippen LogP contribution in [0.25, 0.3) is 17.5 Å². The number of aldehydes is 1. The summed E-state index contributed by atoms with van der Waals surface area (Å²) in [7, 11) is 0. The molecule has 32 heavy (non-hydrogen) atoms. The number of rotatable bonds is 5. The zero-order valence-corrected chi connectivity index (χ0v) is 18.1. The number of fused-ring (bicyclic) bond motifs is 1. The Morgan fingerprint density at radius 2 is 1.88 bits per heavy atom. The Hall–Kier alpha value is -3.51. The van der Waals surface area contributed by atoms with Crippen LogP contribution in [0.4, 0.5) is 11.5 Å². The molecular weight excluding hydrogens is 398 g/mol. The zero-order chi connectivity index (χ0) is 21.9. The van der Waals surface area contributed by atoms with Gasteiger partial charge in [-0.1, -0.05) is 12.1 Å². The lowest BCUT2D eigenvalue weighted by Gasteiger charge is -2.24. The van der Waals surface area contributed by atoms with Crippen LogP contribution in [0.2, 0.25) is 0 Å². The highest BCUT2D eigenvalue weighted by Crippen LogP contribution is 2.34. The van der Waals surface area contributed by atoms with Gasteiger partial charge in [0.15, 0.2) is 0 Å². The van der Waals surface area contributed by atoms with E-state index in [2.05, 4.69) is 45.2 Å². The molecule has 2 aromatic heterocycles. The van der Waals surface area contributed by atoms with Gasteiger partial charge in [-0.25, -0.2) is 4.98 Å². The van der Waals surface area contributed by atoms with E-state index in [0.717, 1.165) is 53.1 Å². The Kier molecular flexibility index (Phi) is 5.69. The van der Waals surface area contributed by atoms with E-state index in [1.165, 1.54) is 18.4 Å². The molecule has 0 bridgehead atoms. The number of benzene rings is 1. The number of carbonyl (C=O) groups excluding carboxylic acids is 1. The molecule has 162 valence electrons. The highest BCUT2D eigenvalue weighted by atomic mass is 16.1. The van der Waals surface area contributed by atoms with Crippen molar-refractivity contribution in [1.29, 1.82) is 0 Å². The third kappa shape index (κ3) is 4.14. The lowest BCUT2D eigenvalue weighted by atomic mass is 9.90. The number of hydrogen-bond donors (Lipinski definition) is 3. The Balaban J connectivity index is 1.51. The predicted octanol–water partition coefficient (Wildman–Crippen LogP) is 4.48. The number of hydrogen-bond acceptors (Lipinski definition) is 6. The minimum atomic E-state index is -0.446. The van der Waals surface area contributed by atoms with Crippen molar-refractivity contribution in [3.05, 3.63) is 77.1 Å². The maximum Gasteiger partial charge on any atom is 0.146 e. The van der Waals surface area contributed by atoms with Crippen molar-refractivity contribution in [2.45, 2.75) is 31.7 Å².